The monoisotopic (exact) mass is 199 g/mol. The van der Waals surface area contributed by atoms with Gasteiger partial charge in [0.2, 0.25) is 0 Å². The molecule has 3 aliphatic heterocycles. The molecule has 0 aromatic carbocycles. The fraction of sp³-hybridized carbons (Fsp3) is 0.900. The summed E-state index contributed by atoms with van der Waals surface area (Å²) in [4.78, 5) is 13.5. The summed E-state index contributed by atoms with van der Waals surface area (Å²) in [6.45, 7) is 5.39. The van der Waals surface area contributed by atoms with Crippen LogP contribution in [0.5, 0.6) is 0 Å². The summed E-state index contributed by atoms with van der Waals surface area (Å²) in [5.41, 5.74) is 0. The zero-order chi connectivity index (χ0) is 9.97. The van der Waals surface area contributed by atoms with Gasteiger partial charge in [-0.15, -0.1) is 0 Å². The number of fused-ring (bicyclic) bond motifs is 3. The average Bonchev–Trinajstić information content (AvgIpc) is 2.19. The third kappa shape index (κ3) is 2.00. The maximum atomic E-state index is 11.1. The molecule has 2 bridgehead atoms. The molecule has 0 saturated carbocycles. The molecule has 3 heterocycles. The van der Waals surface area contributed by atoms with Gasteiger partial charge in [-0.3, -0.25) is 4.90 Å². The highest BCUT2D eigenvalue weighted by atomic mass is 16.7. The highest BCUT2D eigenvalue weighted by Gasteiger charge is 2.36. The van der Waals surface area contributed by atoms with Crippen molar-refractivity contribution in [1.82, 2.24) is 4.90 Å². The minimum Gasteiger partial charge on any atom is -0.435 e. The maximum absolute atomic E-state index is 11.1. The molecule has 0 aliphatic carbocycles. The Bertz CT molecular complexity index is 211. The number of hydrogen-bond acceptors (Lipinski definition) is 4. The van der Waals surface area contributed by atoms with Crippen molar-refractivity contribution in [2.45, 2.75) is 25.9 Å². The fourth-order valence-corrected chi connectivity index (χ4v) is 2.32. The molecule has 3 aliphatic rings. The van der Waals surface area contributed by atoms with Gasteiger partial charge >= 0.3 is 6.16 Å². The molecule has 0 N–H and O–H groups in total. The average molecular weight is 199 g/mol. The highest BCUT2D eigenvalue weighted by Crippen LogP contribution is 2.29. The molecule has 4 nitrogen and oxygen atoms in total. The largest absolute Gasteiger partial charge is 0.508 e. The molecule has 0 spiro atoms. The van der Waals surface area contributed by atoms with Gasteiger partial charge in [0.05, 0.1) is 6.61 Å². The molecule has 14 heavy (non-hydrogen) atoms. The van der Waals surface area contributed by atoms with Crippen molar-refractivity contribution < 1.29 is 14.3 Å². The van der Waals surface area contributed by atoms with Crippen LogP contribution in [0.25, 0.3) is 0 Å². The van der Waals surface area contributed by atoms with E-state index in [2.05, 4.69) is 4.90 Å². The first-order valence-corrected chi connectivity index (χ1v) is 5.35. The molecule has 3 fully saturated rings. The number of carbonyl (C=O) groups is 1. The first-order valence-electron chi connectivity index (χ1n) is 5.35. The van der Waals surface area contributed by atoms with Crippen LogP contribution < -0.4 is 0 Å². The van der Waals surface area contributed by atoms with Gasteiger partial charge in [0.15, 0.2) is 0 Å². The van der Waals surface area contributed by atoms with Gasteiger partial charge in [-0.1, -0.05) is 0 Å². The van der Waals surface area contributed by atoms with Crippen molar-refractivity contribution in [3.8, 4) is 0 Å². The molecule has 0 radical (unpaired) electrons. The van der Waals surface area contributed by atoms with E-state index < -0.39 is 6.16 Å². The third-order valence-electron chi connectivity index (χ3n) is 3.11. The quantitative estimate of drug-likeness (QED) is 0.627. The Hall–Kier alpha value is -0.770. The Labute approximate surface area is 84.2 Å². The normalized spacial score (nSPS) is 35.4. The second kappa shape index (κ2) is 4.17. The Morgan fingerprint density at radius 3 is 2.64 bits per heavy atom. The zero-order valence-corrected chi connectivity index (χ0v) is 8.57. The molecular formula is C10H17NO3. The van der Waals surface area contributed by atoms with E-state index in [0.29, 0.717) is 12.5 Å². The lowest BCUT2D eigenvalue weighted by Crippen LogP contribution is -2.51. The van der Waals surface area contributed by atoms with Crippen LogP contribution >= 0.6 is 0 Å². The number of rotatable bonds is 2. The first-order chi connectivity index (χ1) is 6.79. The Balaban J connectivity index is 1.83. The molecule has 1 atom stereocenters. The first kappa shape index (κ1) is 9.77. The number of carbonyl (C=O) groups excluding carboxylic acids is 1. The second-order valence-electron chi connectivity index (χ2n) is 3.98. The highest BCUT2D eigenvalue weighted by molar-refractivity contribution is 5.60. The van der Waals surface area contributed by atoms with Crippen LogP contribution in [0.1, 0.15) is 19.8 Å². The number of ether oxygens (including phenoxy) is 2. The molecule has 3 rings (SSSR count). The van der Waals surface area contributed by atoms with Crippen LogP contribution in [-0.2, 0) is 9.47 Å². The van der Waals surface area contributed by atoms with E-state index in [1.165, 1.54) is 0 Å². The van der Waals surface area contributed by atoms with Crippen molar-refractivity contribution in [1.29, 1.82) is 0 Å². The van der Waals surface area contributed by atoms with Crippen molar-refractivity contribution in [2.75, 3.05) is 26.2 Å². The van der Waals surface area contributed by atoms with Crippen molar-refractivity contribution in [2.24, 2.45) is 5.92 Å². The predicted molar refractivity (Wildman–Crippen MR) is 51.1 cm³/mol. The lowest BCUT2D eigenvalue weighted by atomic mass is 9.86. The van der Waals surface area contributed by atoms with Crippen LogP contribution in [0.3, 0.4) is 0 Å². The molecule has 0 amide bonds. The molecule has 0 aromatic rings. The Morgan fingerprint density at radius 2 is 2.14 bits per heavy atom. The van der Waals surface area contributed by atoms with E-state index in [0.717, 1.165) is 32.5 Å². The molecule has 4 heteroatoms. The van der Waals surface area contributed by atoms with Crippen LogP contribution in [0.15, 0.2) is 0 Å². The van der Waals surface area contributed by atoms with E-state index >= 15 is 0 Å². The van der Waals surface area contributed by atoms with Gasteiger partial charge in [0.25, 0.3) is 0 Å². The Morgan fingerprint density at radius 1 is 1.43 bits per heavy atom. The lowest BCUT2D eigenvalue weighted by Gasteiger charge is -2.43. The SMILES string of the molecule is CCOC(=O)O[C@H]1CN2CCC1CC2. The summed E-state index contributed by atoms with van der Waals surface area (Å²) in [6, 6.07) is 0. The number of hydrogen-bond donors (Lipinski definition) is 0. The van der Waals surface area contributed by atoms with E-state index in [-0.39, 0.29) is 6.10 Å². The molecule has 80 valence electrons. The molecule has 0 aromatic heterocycles. The standard InChI is InChI=1S/C10H17NO3/c1-2-13-10(12)14-9-7-11-5-3-8(9)4-6-11/h8-9H,2-7H2,1H3/t9-/m0/s1. The van der Waals surface area contributed by atoms with Gasteiger partial charge in [0.1, 0.15) is 6.10 Å². The van der Waals surface area contributed by atoms with E-state index in [4.69, 9.17) is 9.47 Å². The van der Waals surface area contributed by atoms with Gasteiger partial charge in [-0.05, 0) is 38.8 Å². The van der Waals surface area contributed by atoms with Crippen molar-refractivity contribution in [3.05, 3.63) is 0 Å². The second-order valence-corrected chi connectivity index (χ2v) is 3.98. The topological polar surface area (TPSA) is 38.8 Å². The summed E-state index contributed by atoms with van der Waals surface area (Å²) in [5.74, 6) is 0.560. The minimum absolute atomic E-state index is 0.0662. The summed E-state index contributed by atoms with van der Waals surface area (Å²) in [6.07, 6.45) is 1.87. The van der Waals surface area contributed by atoms with E-state index in [1.807, 2.05) is 0 Å². The number of nitrogens with zero attached hydrogens (tertiary/aromatic N) is 1. The van der Waals surface area contributed by atoms with Crippen LogP contribution in [0.4, 0.5) is 4.79 Å². The summed E-state index contributed by atoms with van der Waals surface area (Å²) < 4.78 is 10.0. The fourth-order valence-electron chi connectivity index (χ4n) is 2.32. The van der Waals surface area contributed by atoms with Crippen molar-refractivity contribution >= 4 is 6.16 Å². The zero-order valence-electron chi connectivity index (χ0n) is 8.57. The van der Waals surface area contributed by atoms with Crippen LogP contribution in [0.2, 0.25) is 0 Å². The van der Waals surface area contributed by atoms with Gasteiger partial charge in [-0.25, -0.2) is 4.79 Å². The van der Waals surface area contributed by atoms with Gasteiger partial charge < -0.3 is 9.47 Å². The molecule has 0 unspecified atom stereocenters. The van der Waals surface area contributed by atoms with E-state index in [1.54, 1.807) is 6.92 Å². The smallest absolute Gasteiger partial charge is 0.435 e. The maximum Gasteiger partial charge on any atom is 0.508 e. The van der Waals surface area contributed by atoms with E-state index in [9.17, 15) is 4.79 Å². The van der Waals surface area contributed by atoms with Crippen LogP contribution in [0, 0.1) is 5.92 Å². The van der Waals surface area contributed by atoms with Gasteiger partial charge in [-0.2, -0.15) is 0 Å². The summed E-state index contributed by atoms with van der Waals surface area (Å²) in [5, 5.41) is 0. The van der Waals surface area contributed by atoms with Crippen LogP contribution in [-0.4, -0.2) is 43.4 Å². The lowest BCUT2D eigenvalue weighted by molar-refractivity contribution is -0.0572. The predicted octanol–water partition coefficient (Wildman–Crippen LogP) is 1.25. The minimum atomic E-state index is -0.508. The van der Waals surface area contributed by atoms with Gasteiger partial charge in [0, 0.05) is 6.54 Å². The van der Waals surface area contributed by atoms with Crippen molar-refractivity contribution in [3.63, 3.8) is 0 Å². The Kier molecular flexibility index (Phi) is 2.91. The molecule has 3 saturated heterocycles. The summed E-state index contributed by atoms with van der Waals surface area (Å²) in [7, 11) is 0. The molecular weight excluding hydrogens is 182 g/mol. The summed E-state index contributed by atoms with van der Waals surface area (Å²) >= 11 is 0. The third-order valence-corrected chi connectivity index (χ3v) is 3.11. The number of piperidine rings is 3.